The largest absolute Gasteiger partial charge is 0.297 e. The van der Waals surface area contributed by atoms with Gasteiger partial charge in [0.2, 0.25) is 0 Å². The molecule has 17 heavy (non-hydrogen) atoms. The van der Waals surface area contributed by atoms with Crippen LogP contribution in [-0.4, -0.2) is 29.8 Å². The Hall–Kier alpha value is -0.370. The smallest absolute Gasteiger partial charge is 0.155 e. The predicted octanol–water partition coefficient (Wildman–Crippen LogP) is 3.11. The summed E-state index contributed by atoms with van der Waals surface area (Å²) in [5.41, 5.74) is 0.685. The number of nitrogens with zero attached hydrogens (tertiary/aromatic N) is 1. The van der Waals surface area contributed by atoms with Crippen LogP contribution < -0.4 is 0 Å². The lowest BCUT2D eigenvalue weighted by molar-refractivity contribution is -0.130. The second kappa shape index (κ2) is 3.57. The summed E-state index contributed by atoms with van der Waals surface area (Å²) in [6.07, 6.45) is 2.38. The van der Waals surface area contributed by atoms with Gasteiger partial charge in [-0.3, -0.25) is 9.69 Å². The van der Waals surface area contributed by atoms with Gasteiger partial charge in [0.15, 0.2) is 5.78 Å². The van der Waals surface area contributed by atoms with Crippen molar-refractivity contribution in [2.45, 2.75) is 60.4 Å². The van der Waals surface area contributed by atoms with E-state index in [4.69, 9.17) is 0 Å². The van der Waals surface area contributed by atoms with Crippen LogP contribution in [-0.2, 0) is 4.79 Å². The Bertz CT molecular complexity index is 339. The van der Waals surface area contributed by atoms with Gasteiger partial charge in [0.05, 0.1) is 6.04 Å². The first-order valence-electron chi connectivity index (χ1n) is 6.91. The van der Waals surface area contributed by atoms with Gasteiger partial charge in [0.25, 0.3) is 0 Å². The summed E-state index contributed by atoms with van der Waals surface area (Å²) in [6, 6.07) is 0.168. The molecule has 2 nitrogen and oxygen atoms in total. The Morgan fingerprint density at radius 3 is 2.24 bits per heavy atom. The van der Waals surface area contributed by atoms with Crippen molar-refractivity contribution in [1.29, 1.82) is 0 Å². The lowest BCUT2D eigenvalue weighted by atomic mass is 9.83. The summed E-state index contributed by atoms with van der Waals surface area (Å²) in [7, 11) is 0. The van der Waals surface area contributed by atoms with Gasteiger partial charge < -0.3 is 0 Å². The van der Waals surface area contributed by atoms with Crippen LogP contribution in [0, 0.1) is 16.2 Å². The molecule has 0 N–H and O–H groups in total. The zero-order valence-electron chi connectivity index (χ0n) is 12.3. The fraction of sp³-hybridized carbons (Fsp3) is 0.933. The molecule has 0 bridgehead atoms. The molecule has 1 saturated heterocycles. The first-order chi connectivity index (χ1) is 7.63. The minimum absolute atomic E-state index is 0.168. The van der Waals surface area contributed by atoms with Gasteiger partial charge >= 0.3 is 0 Å². The van der Waals surface area contributed by atoms with Crippen LogP contribution in [0.15, 0.2) is 0 Å². The van der Waals surface area contributed by atoms with E-state index in [-0.39, 0.29) is 11.5 Å². The third kappa shape index (κ3) is 1.95. The molecule has 0 radical (unpaired) electrons. The molecule has 0 aromatic heterocycles. The summed E-state index contributed by atoms with van der Waals surface area (Å²) in [5.74, 6) is 0.430. The van der Waals surface area contributed by atoms with Crippen molar-refractivity contribution in [3.63, 3.8) is 0 Å². The van der Waals surface area contributed by atoms with Crippen molar-refractivity contribution in [1.82, 2.24) is 4.90 Å². The monoisotopic (exact) mass is 237 g/mol. The zero-order valence-corrected chi connectivity index (χ0v) is 12.3. The molecule has 2 atom stereocenters. The van der Waals surface area contributed by atoms with E-state index in [9.17, 15) is 4.79 Å². The van der Waals surface area contributed by atoms with Crippen molar-refractivity contribution in [2.24, 2.45) is 16.2 Å². The summed E-state index contributed by atoms with van der Waals surface area (Å²) < 4.78 is 0. The Labute approximate surface area is 106 Å². The van der Waals surface area contributed by atoms with Gasteiger partial charge in [-0.1, -0.05) is 41.5 Å². The highest BCUT2D eigenvalue weighted by Gasteiger charge is 2.66. The number of carbonyl (C=O) groups excluding carboxylic acids is 1. The SMILES string of the molecule is CCN1C[C@@]2(C[C@H]1C(=O)C(C)(C)C)CC2(C)C. The second-order valence-electron chi connectivity index (χ2n) is 7.74. The molecule has 2 rings (SSSR count). The highest BCUT2D eigenvalue weighted by molar-refractivity contribution is 5.89. The maximum atomic E-state index is 12.5. The lowest BCUT2D eigenvalue weighted by Gasteiger charge is -2.27. The molecule has 1 spiro atoms. The number of rotatable bonds is 2. The van der Waals surface area contributed by atoms with Gasteiger partial charge in [-0.05, 0) is 30.2 Å². The molecule has 1 aliphatic heterocycles. The quantitative estimate of drug-likeness (QED) is 0.735. The second-order valence-corrected chi connectivity index (χ2v) is 7.74. The fourth-order valence-corrected chi connectivity index (χ4v) is 3.57. The predicted molar refractivity (Wildman–Crippen MR) is 70.9 cm³/mol. The number of ketones is 1. The van der Waals surface area contributed by atoms with Crippen LogP contribution >= 0.6 is 0 Å². The molecule has 2 aliphatic rings. The first-order valence-corrected chi connectivity index (χ1v) is 6.91. The average Bonchev–Trinajstić information content (AvgIpc) is 2.56. The normalized spacial score (nSPS) is 36.5. The summed E-state index contributed by atoms with van der Waals surface area (Å²) in [5, 5.41) is 0. The number of likely N-dealkylation sites (tertiary alicyclic amines) is 1. The fourth-order valence-electron chi connectivity index (χ4n) is 3.57. The van der Waals surface area contributed by atoms with Crippen molar-refractivity contribution in [3.8, 4) is 0 Å². The average molecular weight is 237 g/mol. The summed E-state index contributed by atoms with van der Waals surface area (Å²) >= 11 is 0. The van der Waals surface area contributed by atoms with Gasteiger partial charge in [-0.2, -0.15) is 0 Å². The van der Waals surface area contributed by atoms with Crippen LogP contribution in [0.4, 0.5) is 0 Å². The minimum Gasteiger partial charge on any atom is -0.297 e. The van der Waals surface area contributed by atoms with Gasteiger partial charge in [0, 0.05) is 12.0 Å². The van der Waals surface area contributed by atoms with E-state index < -0.39 is 0 Å². The molecule has 2 fully saturated rings. The van der Waals surface area contributed by atoms with E-state index in [1.54, 1.807) is 0 Å². The molecule has 1 saturated carbocycles. The molecule has 1 aliphatic carbocycles. The first kappa shape index (κ1) is 13.1. The van der Waals surface area contributed by atoms with Crippen molar-refractivity contribution >= 4 is 5.78 Å². The lowest BCUT2D eigenvalue weighted by Crippen LogP contribution is -2.41. The topological polar surface area (TPSA) is 20.3 Å². The van der Waals surface area contributed by atoms with Gasteiger partial charge in [-0.15, -0.1) is 0 Å². The number of hydrogen-bond donors (Lipinski definition) is 0. The van der Waals surface area contributed by atoms with Crippen LogP contribution in [0.5, 0.6) is 0 Å². The minimum atomic E-state index is -0.206. The summed E-state index contributed by atoms with van der Waals surface area (Å²) in [6.45, 7) is 15.2. The van der Waals surface area contributed by atoms with E-state index >= 15 is 0 Å². The molecule has 98 valence electrons. The molecule has 1 heterocycles. The number of likely N-dealkylation sites (N-methyl/N-ethyl adjacent to an activating group) is 1. The third-order valence-corrected chi connectivity index (χ3v) is 5.07. The molecular formula is C15H27NO. The maximum Gasteiger partial charge on any atom is 0.155 e. The third-order valence-electron chi connectivity index (χ3n) is 5.07. The highest BCUT2D eigenvalue weighted by atomic mass is 16.1. The molecule has 0 unspecified atom stereocenters. The van der Waals surface area contributed by atoms with Gasteiger partial charge in [0.1, 0.15) is 0 Å². The number of Topliss-reactive ketones (excluding diaryl/α,β-unsaturated/α-hetero) is 1. The Balaban J connectivity index is 2.17. The Kier molecular flexibility index (Phi) is 2.74. The van der Waals surface area contributed by atoms with E-state index in [0.29, 0.717) is 16.6 Å². The summed E-state index contributed by atoms with van der Waals surface area (Å²) in [4.78, 5) is 14.9. The molecule has 0 amide bonds. The Morgan fingerprint density at radius 1 is 1.35 bits per heavy atom. The number of hydrogen-bond acceptors (Lipinski definition) is 2. The molecule has 0 aromatic carbocycles. The highest BCUT2D eigenvalue weighted by Crippen LogP contribution is 2.69. The van der Waals surface area contributed by atoms with E-state index in [2.05, 4.69) is 25.7 Å². The standard InChI is InChI=1S/C15H27NO/c1-7-16-10-15(9-14(15,5)6)8-11(16)12(17)13(2,3)4/h11H,7-10H2,1-6H3/t11-,15+/m0/s1. The van der Waals surface area contributed by atoms with Crippen molar-refractivity contribution in [2.75, 3.05) is 13.1 Å². The zero-order chi connectivity index (χ0) is 13.1. The van der Waals surface area contributed by atoms with E-state index in [1.807, 2.05) is 20.8 Å². The van der Waals surface area contributed by atoms with Crippen LogP contribution in [0.1, 0.15) is 54.4 Å². The molecule has 2 heteroatoms. The van der Waals surface area contributed by atoms with Gasteiger partial charge in [-0.25, -0.2) is 0 Å². The maximum absolute atomic E-state index is 12.5. The molecule has 0 aromatic rings. The molecular weight excluding hydrogens is 210 g/mol. The van der Waals surface area contributed by atoms with Crippen LogP contribution in [0.25, 0.3) is 0 Å². The number of carbonyl (C=O) groups is 1. The van der Waals surface area contributed by atoms with E-state index in [0.717, 1.165) is 19.5 Å². The van der Waals surface area contributed by atoms with Crippen molar-refractivity contribution < 1.29 is 4.79 Å². The van der Waals surface area contributed by atoms with E-state index in [1.165, 1.54) is 6.42 Å². The Morgan fingerprint density at radius 2 is 1.88 bits per heavy atom. The van der Waals surface area contributed by atoms with Crippen LogP contribution in [0.2, 0.25) is 0 Å². The van der Waals surface area contributed by atoms with Crippen molar-refractivity contribution in [3.05, 3.63) is 0 Å². The van der Waals surface area contributed by atoms with Crippen LogP contribution in [0.3, 0.4) is 0 Å².